The van der Waals surface area contributed by atoms with Crippen molar-refractivity contribution in [3.8, 4) is 22.6 Å². The lowest BCUT2D eigenvalue weighted by Gasteiger charge is -2.23. The molecule has 35 heavy (non-hydrogen) atoms. The highest BCUT2D eigenvalue weighted by Gasteiger charge is 2.35. The Bertz CT molecular complexity index is 1370. The number of aromatic nitrogens is 1. The molecular weight excluding hydrogens is 440 g/mol. The fourth-order valence-corrected chi connectivity index (χ4v) is 4.21. The Balaban J connectivity index is 1.49. The van der Waals surface area contributed by atoms with E-state index in [1.165, 1.54) is 5.01 Å². The summed E-state index contributed by atoms with van der Waals surface area (Å²) in [6.07, 6.45) is 3.85. The maximum Gasteiger partial charge on any atom is 0.342 e. The van der Waals surface area contributed by atoms with Gasteiger partial charge in [-0.2, -0.15) is 5.10 Å². The molecule has 1 atom stereocenters. The molecule has 7 heteroatoms. The molecule has 2 amide bonds. The van der Waals surface area contributed by atoms with Gasteiger partial charge in [0.2, 0.25) is 0 Å². The first-order valence-electron chi connectivity index (χ1n) is 11.2. The third-order valence-corrected chi connectivity index (χ3v) is 5.96. The number of rotatable bonds is 5. The van der Waals surface area contributed by atoms with Gasteiger partial charge in [-0.3, -0.25) is 4.98 Å². The lowest BCUT2D eigenvalue weighted by molar-refractivity contribution is 0.199. The van der Waals surface area contributed by atoms with Crippen molar-refractivity contribution < 1.29 is 14.6 Å². The number of ether oxygens (including phenoxy) is 1. The van der Waals surface area contributed by atoms with Gasteiger partial charge < -0.3 is 15.2 Å². The van der Waals surface area contributed by atoms with E-state index in [1.807, 2.05) is 66.7 Å². The maximum atomic E-state index is 13.6. The molecule has 0 saturated carbocycles. The molecule has 2 N–H and O–H groups in total. The lowest BCUT2D eigenvalue weighted by Crippen LogP contribution is -2.31. The van der Waals surface area contributed by atoms with Gasteiger partial charge in [-0.15, -0.1) is 0 Å². The van der Waals surface area contributed by atoms with E-state index in [-0.39, 0.29) is 5.75 Å². The van der Waals surface area contributed by atoms with Crippen molar-refractivity contribution in [3.63, 3.8) is 0 Å². The molecule has 0 radical (unpaired) electrons. The van der Waals surface area contributed by atoms with E-state index in [4.69, 9.17) is 4.74 Å². The molecule has 3 aromatic carbocycles. The van der Waals surface area contributed by atoms with E-state index in [0.29, 0.717) is 29.1 Å². The molecule has 174 valence electrons. The number of phenols is 1. The summed E-state index contributed by atoms with van der Waals surface area (Å²) in [5.41, 5.74) is 4.66. The second-order valence-electron chi connectivity index (χ2n) is 8.12. The van der Waals surface area contributed by atoms with Crippen molar-refractivity contribution in [1.82, 2.24) is 9.99 Å². The number of phenolic OH excluding ortho intramolecular Hbond substituents is 1. The molecule has 2 heterocycles. The molecule has 0 saturated heterocycles. The topological polar surface area (TPSA) is 87.0 Å². The second-order valence-corrected chi connectivity index (χ2v) is 8.12. The van der Waals surface area contributed by atoms with Crippen LogP contribution >= 0.6 is 0 Å². The first-order chi connectivity index (χ1) is 17.1. The normalized spacial score (nSPS) is 14.9. The van der Waals surface area contributed by atoms with Crippen LogP contribution in [-0.4, -0.2) is 34.0 Å². The van der Waals surface area contributed by atoms with E-state index in [0.717, 1.165) is 16.7 Å². The van der Waals surface area contributed by atoms with Crippen molar-refractivity contribution in [3.05, 3.63) is 108 Å². The van der Waals surface area contributed by atoms with Crippen molar-refractivity contribution in [2.24, 2.45) is 5.10 Å². The summed E-state index contributed by atoms with van der Waals surface area (Å²) in [5, 5.41) is 19.5. The highest BCUT2D eigenvalue weighted by Crippen LogP contribution is 2.38. The zero-order chi connectivity index (χ0) is 24.2. The zero-order valence-electron chi connectivity index (χ0n) is 19.1. The van der Waals surface area contributed by atoms with Crippen LogP contribution in [0.4, 0.5) is 10.5 Å². The highest BCUT2D eigenvalue weighted by atomic mass is 16.5. The van der Waals surface area contributed by atoms with Gasteiger partial charge in [-0.1, -0.05) is 60.7 Å². The summed E-state index contributed by atoms with van der Waals surface area (Å²) in [5.74, 6) is 0.648. The Morgan fingerprint density at radius 1 is 0.971 bits per heavy atom. The fourth-order valence-electron chi connectivity index (χ4n) is 4.21. The number of hydrogen-bond acceptors (Lipinski definition) is 5. The number of para-hydroxylation sites is 1. The van der Waals surface area contributed by atoms with Gasteiger partial charge >= 0.3 is 6.03 Å². The number of amides is 2. The fraction of sp³-hybridized carbons (Fsp3) is 0.107. The minimum absolute atomic E-state index is 0.113. The van der Waals surface area contributed by atoms with Gasteiger partial charge in [0, 0.05) is 29.9 Å². The van der Waals surface area contributed by atoms with Gasteiger partial charge in [0.1, 0.15) is 11.5 Å². The summed E-state index contributed by atoms with van der Waals surface area (Å²) in [6.45, 7) is 0. The van der Waals surface area contributed by atoms with Crippen molar-refractivity contribution in [2.45, 2.75) is 12.5 Å². The number of aromatic hydroxyl groups is 1. The number of carbonyl (C=O) groups excluding carboxylic acids is 1. The van der Waals surface area contributed by atoms with Crippen molar-refractivity contribution >= 4 is 17.4 Å². The van der Waals surface area contributed by atoms with Gasteiger partial charge in [0.25, 0.3) is 0 Å². The molecule has 1 aliphatic rings. The number of nitrogens with zero attached hydrogens (tertiary/aromatic N) is 3. The molecule has 1 aliphatic heterocycles. The van der Waals surface area contributed by atoms with E-state index in [2.05, 4.69) is 15.4 Å². The van der Waals surface area contributed by atoms with Gasteiger partial charge in [-0.25, -0.2) is 9.80 Å². The predicted octanol–water partition coefficient (Wildman–Crippen LogP) is 5.85. The Kier molecular flexibility index (Phi) is 6.13. The van der Waals surface area contributed by atoms with E-state index in [1.54, 1.807) is 37.7 Å². The number of pyridine rings is 1. The van der Waals surface area contributed by atoms with Crippen LogP contribution in [-0.2, 0) is 0 Å². The Morgan fingerprint density at radius 2 is 1.74 bits per heavy atom. The van der Waals surface area contributed by atoms with Gasteiger partial charge in [-0.05, 0) is 35.4 Å². The number of hydrazone groups is 1. The number of hydrogen-bond donors (Lipinski definition) is 2. The van der Waals surface area contributed by atoms with Crippen molar-refractivity contribution in [1.29, 1.82) is 0 Å². The quantitative estimate of drug-likeness (QED) is 0.388. The van der Waals surface area contributed by atoms with Crippen LogP contribution in [0.5, 0.6) is 11.5 Å². The minimum Gasteiger partial charge on any atom is -0.508 e. The van der Waals surface area contributed by atoms with Crippen LogP contribution in [0.15, 0.2) is 102 Å². The molecule has 7 nitrogen and oxygen atoms in total. The minimum atomic E-state index is -0.477. The number of methoxy groups -OCH3 is 1. The highest BCUT2D eigenvalue weighted by molar-refractivity contribution is 6.04. The van der Waals surface area contributed by atoms with Crippen molar-refractivity contribution in [2.75, 3.05) is 12.4 Å². The van der Waals surface area contributed by atoms with Crippen LogP contribution in [0.1, 0.15) is 23.6 Å². The van der Waals surface area contributed by atoms with E-state index in [9.17, 15) is 9.90 Å². The monoisotopic (exact) mass is 464 g/mol. The van der Waals surface area contributed by atoms with Gasteiger partial charge in [0.15, 0.2) is 0 Å². The summed E-state index contributed by atoms with van der Waals surface area (Å²) in [6, 6.07) is 25.4. The summed E-state index contributed by atoms with van der Waals surface area (Å²) < 4.78 is 5.50. The first-order valence-corrected chi connectivity index (χ1v) is 11.2. The largest absolute Gasteiger partial charge is 0.508 e. The van der Waals surface area contributed by atoms with Crippen LogP contribution in [0.3, 0.4) is 0 Å². The predicted molar refractivity (Wildman–Crippen MR) is 136 cm³/mol. The second kappa shape index (κ2) is 9.69. The third kappa shape index (κ3) is 4.56. The smallest absolute Gasteiger partial charge is 0.342 e. The Labute approximate surface area is 203 Å². The van der Waals surface area contributed by atoms with Crippen LogP contribution in [0, 0.1) is 0 Å². The van der Waals surface area contributed by atoms with Crippen LogP contribution in [0.2, 0.25) is 0 Å². The van der Waals surface area contributed by atoms with E-state index < -0.39 is 12.1 Å². The molecule has 5 rings (SSSR count). The number of carbonyl (C=O) groups is 1. The number of urea groups is 1. The first kappa shape index (κ1) is 22.2. The molecule has 0 aliphatic carbocycles. The summed E-state index contributed by atoms with van der Waals surface area (Å²) in [4.78, 5) is 17.7. The molecule has 1 unspecified atom stereocenters. The maximum absolute atomic E-state index is 13.6. The Morgan fingerprint density at radius 3 is 2.49 bits per heavy atom. The molecule has 4 aromatic rings. The Hall–Kier alpha value is -4.65. The SMILES string of the molecule is COc1ccc(-c2ccccc2)cc1NC(=O)N1N=C(c2cccnc2)CC1c1ccccc1O. The molecular formula is C28H24N4O3. The van der Waals surface area contributed by atoms with Gasteiger partial charge in [0.05, 0.1) is 24.6 Å². The number of nitrogens with one attached hydrogen (secondary N) is 1. The molecule has 1 aromatic heterocycles. The summed E-state index contributed by atoms with van der Waals surface area (Å²) >= 11 is 0. The number of anilines is 1. The summed E-state index contributed by atoms with van der Waals surface area (Å²) in [7, 11) is 1.56. The molecule has 0 bridgehead atoms. The standard InChI is InChI=1S/C28H24N4O3/c1-35-27-14-13-20(19-8-3-2-4-9-19)16-24(27)30-28(34)32-25(22-11-5-6-12-26(22)33)17-23(31-32)21-10-7-15-29-18-21/h2-16,18,25,33H,17H2,1H3,(H,30,34). The molecule has 0 spiro atoms. The zero-order valence-corrected chi connectivity index (χ0v) is 19.1. The van der Waals surface area contributed by atoms with Crippen LogP contribution < -0.4 is 10.1 Å². The third-order valence-electron chi connectivity index (χ3n) is 5.96. The van der Waals surface area contributed by atoms with E-state index >= 15 is 0 Å². The number of benzene rings is 3. The average Bonchev–Trinajstić information content (AvgIpc) is 3.35. The molecule has 0 fully saturated rings. The van der Waals surface area contributed by atoms with Crippen LogP contribution in [0.25, 0.3) is 11.1 Å². The average molecular weight is 465 g/mol. The lowest BCUT2D eigenvalue weighted by atomic mass is 9.98.